The molecule has 1 atom stereocenters. The molecule has 7 heteroatoms. The van der Waals surface area contributed by atoms with Gasteiger partial charge in [-0.25, -0.2) is 19.9 Å². The zero-order valence-electron chi connectivity index (χ0n) is 14.2. The van der Waals surface area contributed by atoms with Gasteiger partial charge in [-0.05, 0) is 24.6 Å². The number of ether oxygens (including phenoxy) is 1. The van der Waals surface area contributed by atoms with Gasteiger partial charge in [0.2, 0.25) is 0 Å². The van der Waals surface area contributed by atoms with Gasteiger partial charge in [0.15, 0.2) is 0 Å². The number of carbonyl (C=O) groups is 1. The van der Waals surface area contributed by atoms with Crippen LogP contribution in [-0.2, 0) is 6.54 Å². The molecule has 1 amide bonds. The first-order valence-electron chi connectivity index (χ1n) is 8.29. The Morgan fingerprint density at radius 2 is 1.73 bits per heavy atom. The Bertz CT molecular complexity index is 918. The molecule has 4 rings (SSSR count). The molecule has 0 saturated carbocycles. The van der Waals surface area contributed by atoms with Crippen LogP contribution in [0.1, 0.15) is 22.8 Å². The van der Waals surface area contributed by atoms with Crippen molar-refractivity contribution in [2.45, 2.75) is 19.5 Å². The molecular formula is C19H17N5O2. The lowest BCUT2D eigenvalue weighted by atomic mass is 10.0. The summed E-state index contributed by atoms with van der Waals surface area (Å²) < 4.78 is 5.91. The highest BCUT2D eigenvalue weighted by atomic mass is 16.5. The average molecular weight is 347 g/mol. The van der Waals surface area contributed by atoms with Crippen molar-refractivity contribution < 1.29 is 9.53 Å². The molecule has 3 heterocycles. The zero-order chi connectivity index (χ0) is 17.9. The van der Waals surface area contributed by atoms with E-state index in [2.05, 4.69) is 19.9 Å². The Morgan fingerprint density at radius 1 is 1.04 bits per heavy atom. The third kappa shape index (κ3) is 3.11. The second-order valence-electron chi connectivity index (χ2n) is 6.17. The Kier molecular flexibility index (Phi) is 4.27. The third-order valence-electron chi connectivity index (χ3n) is 4.38. The average Bonchev–Trinajstić information content (AvgIpc) is 2.87. The number of nitrogens with zero attached hydrogens (tertiary/aromatic N) is 5. The predicted molar refractivity (Wildman–Crippen MR) is 94.3 cm³/mol. The molecule has 0 fully saturated rings. The topological polar surface area (TPSA) is 81.1 Å². The SMILES string of the molecule is C[C@H]1COc2ccc(-c3cncnc3)cc2CN1C(=O)c1cncnc1. The fourth-order valence-corrected chi connectivity index (χ4v) is 2.96. The summed E-state index contributed by atoms with van der Waals surface area (Å²) >= 11 is 0. The van der Waals surface area contributed by atoms with E-state index < -0.39 is 0 Å². The molecular weight excluding hydrogens is 330 g/mol. The summed E-state index contributed by atoms with van der Waals surface area (Å²) in [5, 5.41) is 0. The summed E-state index contributed by atoms with van der Waals surface area (Å²) in [6.45, 7) is 2.85. The van der Waals surface area contributed by atoms with Gasteiger partial charge in [-0.3, -0.25) is 4.79 Å². The van der Waals surface area contributed by atoms with E-state index in [0.29, 0.717) is 18.7 Å². The van der Waals surface area contributed by atoms with Crippen molar-refractivity contribution in [3.05, 3.63) is 66.8 Å². The number of fused-ring (bicyclic) bond motifs is 1. The highest BCUT2D eigenvalue weighted by Gasteiger charge is 2.27. The lowest BCUT2D eigenvalue weighted by molar-refractivity contribution is 0.0644. The highest BCUT2D eigenvalue weighted by molar-refractivity contribution is 5.93. The van der Waals surface area contributed by atoms with E-state index in [-0.39, 0.29) is 11.9 Å². The van der Waals surface area contributed by atoms with Gasteiger partial charge in [-0.1, -0.05) is 6.07 Å². The van der Waals surface area contributed by atoms with Crippen molar-refractivity contribution in [2.24, 2.45) is 0 Å². The van der Waals surface area contributed by atoms with E-state index in [0.717, 1.165) is 22.4 Å². The number of hydrogen-bond donors (Lipinski definition) is 0. The Hall–Kier alpha value is -3.35. The van der Waals surface area contributed by atoms with Gasteiger partial charge in [0, 0.05) is 35.9 Å². The van der Waals surface area contributed by atoms with Gasteiger partial charge in [-0.15, -0.1) is 0 Å². The molecule has 0 spiro atoms. The molecule has 0 N–H and O–H groups in total. The predicted octanol–water partition coefficient (Wildman–Crippen LogP) is 2.36. The summed E-state index contributed by atoms with van der Waals surface area (Å²) in [7, 11) is 0. The molecule has 0 saturated heterocycles. The van der Waals surface area contributed by atoms with Crippen LogP contribution in [-0.4, -0.2) is 43.4 Å². The highest BCUT2D eigenvalue weighted by Crippen LogP contribution is 2.30. The standard InChI is InChI=1S/C19H17N5O2/c1-13-10-26-18-3-2-14(16-5-20-11-21-6-16)4-15(18)9-24(13)19(25)17-7-22-12-23-8-17/h2-8,11-13H,9-10H2,1H3/t13-/m0/s1. The van der Waals surface area contributed by atoms with E-state index in [4.69, 9.17) is 4.74 Å². The van der Waals surface area contributed by atoms with E-state index in [1.54, 1.807) is 17.3 Å². The first-order valence-corrected chi connectivity index (χ1v) is 8.29. The lowest BCUT2D eigenvalue weighted by Gasteiger charge is -2.26. The van der Waals surface area contributed by atoms with Gasteiger partial charge in [0.25, 0.3) is 5.91 Å². The molecule has 130 valence electrons. The maximum absolute atomic E-state index is 12.9. The second-order valence-corrected chi connectivity index (χ2v) is 6.17. The maximum atomic E-state index is 12.9. The first kappa shape index (κ1) is 16.1. The summed E-state index contributed by atoms with van der Waals surface area (Å²) in [5.74, 6) is 0.681. The maximum Gasteiger partial charge on any atom is 0.257 e. The second kappa shape index (κ2) is 6.87. The summed E-state index contributed by atoms with van der Waals surface area (Å²) in [5.41, 5.74) is 3.32. The van der Waals surface area contributed by atoms with Crippen LogP contribution in [0.4, 0.5) is 0 Å². The van der Waals surface area contributed by atoms with Crippen molar-refractivity contribution in [1.29, 1.82) is 0 Å². The van der Waals surface area contributed by atoms with Gasteiger partial charge in [-0.2, -0.15) is 0 Å². The normalized spacial score (nSPS) is 16.3. The van der Waals surface area contributed by atoms with Crippen LogP contribution in [0, 0.1) is 0 Å². The van der Waals surface area contributed by atoms with E-state index in [1.165, 1.54) is 25.0 Å². The Labute approximate surface area is 150 Å². The zero-order valence-corrected chi connectivity index (χ0v) is 14.2. The van der Waals surface area contributed by atoms with E-state index in [9.17, 15) is 4.79 Å². The number of carbonyl (C=O) groups excluding carboxylic acids is 1. The molecule has 26 heavy (non-hydrogen) atoms. The fraction of sp³-hybridized carbons (Fsp3) is 0.211. The largest absolute Gasteiger partial charge is 0.491 e. The number of amides is 1. The van der Waals surface area contributed by atoms with Crippen LogP contribution in [0.25, 0.3) is 11.1 Å². The van der Waals surface area contributed by atoms with Crippen molar-refractivity contribution >= 4 is 5.91 Å². The fourth-order valence-electron chi connectivity index (χ4n) is 2.96. The number of benzene rings is 1. The molecule has 0 unspecified atom stereocenters. The van der Waals surface area contributed by atoms with Crippen LogP contribution in [0.5, 0.6) is 5.75 Å². The molecule has 1 aliphatic rings. The van der Waals surface area contributed by atoms with Gasteiger partial charge >= 0.3 is 0 Å². The van der Waals surface area contributed by atoms with Gasteiger partial charge in [0.1, 0.15) is 25.0 Å². The van der Waals surface area contributed by atoms with E-state index >= 15 is 0 Å². The molecule has 3 aromatic rings. The Balaban J connectivity index is 1.68. The minimum absolute atomic E-state index is 0.0707. The van der Waals surface area contributed by atoms with Crippen molar-refractivity contribution in [1.82, 2.24) is 24.8 Å². The van der Waals surface area contributed by atoms with E-state index in [1.807, 2.05) is 25.1 Å². The minimum atomic E-state index is -0.108. The summed E-state index contributed by atoms with van der Waals surface area (Å²) in [6.07, 6.45) is 9.51. The molecule has 0 bridgehead atoms. The van der Waals surface area contributed by atoms with Crippen molar-refractivity contribution in [3.63, 3.8) is 0 Å². The lowest BCUT2D eigenvalue weighted by Crippen LogP contribution is -2.39. The monoisotopic (exact) mass is 347 g/mol. The molecule has 0 radical (unpaired) electrons. The van der Waals surface area contributed by atoms with Crippen LogP contribution < -0.4 is 4.74 Å². The first-order chi connectivity index (χ1) is 12.7. The molecule has 0 aliphatic carbocycles. The quantitative estimate of drug-likeness (QED) is 0.708. The van der Waals surface area contributed by atoms with Gasteiger partial charge < -0.3 is 9.64 Å². The third-order valence-corrected chi connectivity index (χ3v) is 4.38. The summed E-state index contributed by atoms with van der Waals surface area (Å²) in [4.78, 5) is 30.7. The molecule has 2 aromatic heterocycles. The Morgan fingerprint density at radius 3 is 2.46 bits per heavy atom. The number of hydrogen-bond acceptors (Lipinski definition) is 6. The van der Waals surface area contributed by atoms with Crippen LogP contribution in [0.2, 0.25) is 0 Å². The van der Waals surface area contributed by atoms with Crippen molar-refractivity contribution in [2.75, 3.05) is 6.61 Å². The summed E-state index contributed by atoms with van der Waals surface area (Å²) in [6, 6.07) is 5.86. The van der Waals surface area contributed by atoms with Gasteiger partial charge in [0.05, 0.1) is 18.2 Å². The number of aromatic nitrogens is 4. The molecule has 1 aliphatic heterocycles. The van der Waals surface area contributed by atoms with Crippen LogP contribution in [0.3, 0.4) is 0 Å². The molecule has 1 aromatic carbocycles. The smallest absolute Gasteiger partial charge is 0.257 e. The number of rotatable bonds is 2. The minimum Gasteiger partial charge on any atom is -0.491 e. The molecule has 7 nitrogen and oxygen atoms in total. The van der Waals surface area contributed by atoms with Crippen LogP contribution >= 0.6 is 0 Å². The van der Waals surface area contributed by atoms with Crippen molar-refractivity contribution in [3.8, 4) is 16.9 Å². The van der Waals surface area contributed by atoms with Crippen LogP contribution in [0.15, 0.2) is 55.6 Å².